The Labute approximate surface area is 152 Å². The summed E-state index contributed by atoms with van der Waals surface area (Å²) in [4.78, 5) is 12.7. The fraction of sp³-hybridized carbons (Fsp3) is 0.263. The van der Waals surface area contributed by atoms with Crippen molar-refractivity contribution in [1.29, 1.82) is 0 Å². The molecule has 0 aliphatic rings. The standard InChI is InChI=1S/C19H21N5O2/c1-26-17-9-7-15(8-10-17)11-12-20-19(25)18(24-14-21-22-23-24)13-16-5-3-2-4-6-16/h2-10,14,18H,11-13H2,1H3,(H,20,25)/t18-/m0/s1. The van der Waals surface area contributed by atoms with Crippen molar-refractivity contribution in [2.75, 3.05) is 13.7 Å². The minimum absolute atomic E-state index is 0.102. The minimum atomic E-state index is -0.483. The van der Waals surface area contributed by atoms with Gasteiger partial charge in [0.2, 0.25) is 5.91 Å². The molecule has 0 aliphatic carbocycles. The van der Waals surface area contributed by atoms with Crippen molar-refractivity contribution >= 4 is 5.91 Å². The minimum Gasteiger partial charge on any atom is -0.497 e. The predicted molar refractivity (Wildman–Crippen MR) is 96.7 cm³/mol. The molecule has 0 unspecified atom stereocenters. The van der Waals surface area contributed by atoms with Crippen LogP contribution in [-0.4, -0.2) is 39.8 Å². The number of nitrogens with one attached hydrogen (secondary N) is 1. The molecule has 1 N–H and O–H groups in total. The third kappa shape index (κ3) is 4.66. The molecule has 0 saturated carbocycles. The maximum absolute atomic E-state index is 12.7. The average molecular weight is 351 g/mol. The molecule has 1 atom stereocenters. The summed E-state index contributed by atoms with van der Waals surface area (Å²) < 4.78 is 6.65. The molecule has 7 heteroatoms. The van der Waals surface area contributed by atoms with Gasteiger partial charge in [0.25, 0.3) is 0 Å². The van der Waals surface area contributed by atoms with Gasteiger partial charge in [-0.3, -0.25) is 4.79 Å². The quantitative estimate of drug-likeness (QED) is 0.669. The number of aromatic nitrogens is 4. The van der Waals surface area contributed by atoms with E-state index in [0.29, 0.717) is 13.0 Å². The van der Waals surface area contributed by atoms with Gasteiger partial charge in [-0.1, -0.05) is 42.5 Å². The molecule has 0 spiro atoms. The predicted octanol–water partition coefficient (Wildman–Crippen LogP) is 1.82. The van der Waals surface area contributed by atoms with Crippen LogP contribution < -0.4 is 10.1 Å². The molecule has 1 aromatic heterocycles. The number of carbonyl (C=O) groups is 1. The summed E-state index contributed by atoms with van der Waals surface area (Å²) in [6, 6.07) is 17.2. The zero-order valence-electron chi connectivity index (χ0n) is 14.6. The van der Waals surface area contributed by atoms with Crippen LogP contribution in [0, 0.1) is 0 Å². The van der Waals surface area contributed by atoms with Crippen LogP contribution in [0.1, 0.15) is 17.2 Å². The van der Waals surface area contributed by atoms with E-state index in [1.807, 2.05) is 54.6 Å². The number of hydrogen-bond donors (Lipinski definition) is 1. The lowest BCUT2D eigenvalue weighted by Gasteiger charge is -2.16. The molecule has 26 heavy (non-hydrogen) atoms. The highest BCUT2D eigenvalue weighted by Gasteiger charge is 2.21. The largest absolute Gasteiger partial charge is 0.497 e. The third-order valence-corrected chi connectivity index (χ3v) is 4.13. The Hall–Kier alpha value is -3.22. The smallest absolute Gasteiger partial charge is 0.245 e. The Morgan fingerprint density at radius 1 is 1.12 bits per heavy atom. The van der Waals surface area contributed by atoms with Crippen molar-refractivity contribution in [1.82, 2.24) is 25.5 Å². The van der Waals surface area contributed by atoms with Gasteiger partial charge < -0.3 is 10.1 Å². The SMILES string of the molecule is COc1ccc(CCNC(=O)[C@H](Cc2ccccc2)n2cnnn2)cc1. The molecule has 0 bridgehead atoms. The van der Waals surface area contributed by atoms with E-state index in [4.69, 9.17) is 4.74 Å². The Kier molecular flexibility index (Phi) is 5.92. The molecule has 1 amide bonds. The maximum atomic E-state index is 12.7. The van der Waals surface area contributed by atoms with Crippen LogP contribution in [0.25, 0.3) is 0 Å². The van der Waals surface area contributed by atoms with Crippen LogP contribution in [0.5, 0.6) is 5.75 Å². The molecule has 0 radical (unpaired) electrons. The second-order valence-electron chi connectivity index (χ2n) is 5.88. The lowest BCUT2D eigenvalue weighted by atomic mass is 10.1. The van der Waals surface area contributed by atoms with E-state index in [1.54, 1.807) is 7.11 Å². The van der Waals surface area contributed by atoms with Crippen LogP contribution >= 0.6 is 0 Å². The maximum Gasteiger partial charge on any atom is 0.245 e. The average Bonchev–Trinajstić information content (AvgIpc) is 3.22. The van der Waals surface area contributed by atoms with Crippen molar-refractivity contribution in [3.05, 3.63) is 72.1 Å². The Morgan fingerprint density at radius 2 is 1.88 bits per heavy atom. The van der Waals surface area contributed by atoms with Crippen molar-refractivity contribution in [3.63, 3.8) is 0 Å². The number of benzene rings is 2. The van der Waals surface area contributed by atoms with E-state index < -0.39 is 6.04 Å². The number of carbonyl (C=O) groups excluding carboxylic acids is 1. The molecular formula is C19H21N5O2. The summed E-state index contributed by atoms with van der Waals surface area (Å²) in [7, 11) is 1.64. The summed E-state index contributed by atoms with van der Waals surface area (Å²) in [6.45, 7) is 0.540. The fourth-order valence-electron chi connectivity index (χ4n) is 2.69. The first-order chi connectivity index (χ1) is 12.8. The Balaban J connectivity index is 1.60. The zero-order chi connectivity index (χ0) is 18.2. The summed E-state index contributed by atoms with van der Waals surface area (Å²) >= 11 is 0. The van der Waals surface area contributed by atoms with Crippen molar-refractivity contribution < 1.29 is 9.53 Å². The van der Waals surface area contributed by atoms with Gasteiger partial charge in [0.05, 0.1) is 7.11 Å². The fourth-order valence-corrected chi connectivity index (χ4v) is 2.69. The molecule has 3 aromatic rings. The van der Waals surface area contributed by atoms with Crippen molar-refractivity contribution in [3.8, 4) is 5.75 Å². The highest BCUT2D eigenvalue weighted by atomic mass is 16.5. The van der Waals surface area contributed by atoms with Crippen LogP contribution in [0.15, 0.2) is 60.9 Å². The first-order valence-electron chi connectivity index (χ1n) is 8.43. The van der Waals surface area contributed by atoms with Gasteiger partial charge in [-0.25, -0.2) is 4.68 Å². The Morgan fingerprint density at radius 3 is 2.54 bits per heavy atom. The van der Waals surface area contributed by atoms with Gasteiger partial charge in [-0.05, 0) is 40.1 Å². The van der Waals surface area contributed by atoms with E-state index in [9.17, 15) is 4.79 Å². The van der Waals surface area contributed by atoms with Crippen LogP contribution in [0.2, 0.25) is 0 Å². The first kappa shape index (κ1) is 17.6. The monoisotopic (exact) mass is 351 g/mol. The molecule has 0 aliphatic heterocycles. The topological polar surface area (TPSA) is 81.9 Å². The number of tetrazole rings is 1. The molecule has 3 rings (SSSR count). The molecule has 2 aromatic carbocycles. The van der Waals surface area contributed by atoms with E-state index in [2.05, 4.69) is 20.8 Å². The molecule has 1 heterocycles. The first-order valence-corrected chi connectivity index (χ1v) is 8.43. The van der Waals surface area contributed by atoms with Gasteiger partial charge >= 0.3 is 0 Å². The zero-order valence-corrected chi connectivity index (χ0v) is 14.6. The van der Waals surface area contributed by atoms with Gasteiger partial charge in [0.15, 0.2) is 0 Å². The number of methoxy groups -OCH3 is 1. The van der Waals surface area contributed by atoms with E-state index >= 15 is 0 Å². The van der Waals surface area contributed by atoms with Crippen molar-refractivity contribution in [2.24, 2.45) is 0 Å². The van der Waals surface area contributed by atoms with E-state index in [1.165, 1.54) is 11.0 Å². The normalized spacial score (nSPS) is 11.7. The van der Waals surface area contributed by atoms with E-state index in [0.717, 1.165) is 23.3 Å². The molecular weight excluding hydrogens is 330 g/mol. The molecule has 0 fully saturated rings. The summed E-state index contributed by atoms with van der Waals surface area (Å²) in [5.74, 6) is 0.717. The second kappa shape index (κ2) is 8.75. The second-order valence-corrected chi connectivity index (χ2v) is 5.88. The van der Waals surface area contributed by atoms with Crippen LogP contribution in [0.4, 0.5) is 0 Å². The van der Waals surface area contributed by atoms with E-state index in [-0.39, 0.29) is 5.91 Å². The molecule has 7 nitrogen and oxygen atoms in total. The Bertz CT molecular complexity index is 804. The van der Waals surface area contributed by atoms with Gasteiger partial charge in [-0.15, -0.1) is 5.10 Å². The number of ether oxygens (including phenoxy) is 1. The number of amides is 1. The van der Waals surface area contributed by atoms with Gasteiger partial charge in [-0.2, -0.15) is 0 Å². The third-order valence-electron chi connectivity index (χ3n) is 4.13. The lowest BCUT2D eigenvalue weighted by molar-refractivity contribution is -0.124. The number of nitrogens with zero attached hydrogens (tertiary/aromatic N) is 4. The summed E-state index contributed by atoms with van der Waals surface area (Å²) in [6.07, 6.45) is 2.74. The van der Waals surface area contributed by atoms with Crippen LogP contribution in [-0.2, 0) is 17.6 Å². The lowest BCUT2D eigenvalue weighted by Crippen LogP contribution is -2.35. The molecule has 134 valence electrons. The van der Waals surface area contributed by atoms with Gasteiger partial charge in [0.1, 0.15) is 18.1 Å². The van der Waals surface area contributed by atoms with Crippen LogP contribution in [0.3, 0.4) is 0 Å². The van der Waals surface area contributed by atoms with Crippen molar-refractivity contribution in [2.45, 2.75) is 18.9 Å². The summed E-state index contributed by atoms with van der Waals surface area (Å²) in [5.41, 5.74) is 2.19. The van der Waals surface area contributed by atoms with Gasteiger partial charge in [0, 0.05) is 13.0 Å². The highest BCUT2D eigenvalue weighted by molar-refractivity contribution is 5.80. The highest BCUT2D eigenvalue weighted by Crippen LogP contribution is 2.14. The number of rotatable bonds is 8. The number of hydrogen-bond acceptors (Lipinski definition) is 5. The summed E-state index contributed by atoms with van der Waals surface area (Å²) in [5, 5.41) is 14.2. The molecule has 0 saturated heterocycles.